The summed E-state index contributed by atoms with van der Waals surface area (Å²) in [4.78, 5) is 5.62. The number of aryl methyl sites for hydroxylation is 2. The third kappa shape index (κ3) is 1.66. The monoisotopic (exact) mass is 327 g/mol. The molecule has 3 aliphatic carbocycles. The van der Waals surface area contributed by atoms with E-state index in [1.54, 1.807) is 7.11 Å². The van der Waals surface area contributed by atoms with E-state index in [4.69, 9.17) is 4.84 Å². The molecule has 0 aliphatic heterocycles. The van der Waals surface area contributed by atoms with Crippen molar-refractivity contribution in [3.63, 3.8) is 0 Å². The summed E-state index contributed by atoms with van der Waals surface area (Å²) in [6, 6.07) is 22.1. The lowest BCUT2D eigenvalue weighted by Crippen LogP contribution is -2.52. The molecule has 0 unspecified atom stereocenters. The molecule has 3 aromatic carbocycles. The van der Waals surface area contributed by atoms with Crippen LogP contribution in [0.2, 0.25) is 0 Å². The van der Waals surface area contributed by atoms with Gasteiger partial charge in [0, 0.05) is 5.92 Å². The van der Waals surface area contributed by atoms with Gasteiger partial charge in [-0.3, -0.25) is 0 Å². The molecule has 2 bridgehead atoms. The second-order valence-electron chi connectivity index (χ2n) is 7.15. The largest absolute Gasteiger partial charge is 0.304 e. The Morgan fingerprint density at radius 2 is 1.36 bits per heavy atom. The standard InChI is InChI=1S/C23H21NO/c1-14-12-13-15(2)22-20(14)21-16-8-4-6-10-18(16)23(22,24-25-3)19-11-7-5-9-17(19)21/h4-13,21,24H,1-3H3. The predicted octanol–water partition coefficient (Wildman–Crippen LogP) is 4.55. The maximum atomic E-state index is 5.62. The van der Waals surface area contributed by atoms with Crippen molar-refractivity contribution in [2.75, 3.05) is 7.11 Å². The lowest BCUT2D eigenvalue weighted by molar-refractivity contribution is 0.0388. The molecule has 0 fully saturated rings. The highest BCUT2D eigenvalue weighted by Crippen LogP contribution is 2.59. The van der Waals surface area contributed by atoms with Crippen LogP contribution in [0.5, 0.6) is 0 Å². The number of nitrogens with one attached hydrogen (secondary N) is 1. The van der Waals surface area contributed by atoms with E-state index >= 15 is 0 Å². The Bertz CT molecular complexity index is 957. The minimum absolute atomic E-state index is 0.294. The zero-order valence-electron chi connectivity index (χ0n) is 14.8. The van der Waals surface area contributed by atoms with Gasteiger partial charge in [0.1, 0.15) is 5.54 Å². The van der Waals surface area contributed by atoms with E-state index in [1.165, 1.54) is 44.5 Å². The van der Waals surface area contributed by atoms with Gasteiger partial charge in [-0.15, -0.1) is 0 Å². The molecule has 0 atom stereocenters. The number of rotatable bonds is 2. The Morgan fingerprint density at radius 1 is 0.800 bits per heavy atom. The second kappa shape index (κ2) is 5.04. The molecule has 0 aromatic heterocycles. The van der Waals surface area contributed by atoms with E-state index in [2.05, 4.69) is 80.0 Å². The van der Waals surface area contributed by atoms with Crippen molar-refractivity contribution in [2.45, 2.75) is 25.3 Å². The Labute approximate surface area is 148 Å². The summed E-state index contributed by atoms with van der Waals surface area (Å²) >= 11 is 0. The normalized spacial score (nSPS) is 22.3. The van der Waals surface area contributed by atoms with Crippen LogP contribution in [-0.4, -0.2) is 7.11 Å². The number of hydroxylamine groups is 1. The highest BCUT2D eigenvalue weighted by atomic mass is 16.6. The highest BCUT2D eigenvalue weighted by Gasteiger charge is 2.53. The van der Waals surface area contributed by atoms with Crippen LogP contribution >= 0.6 is 0 Å². The highest BCUT2D eigenvalue weighted by molar-refractivity contribution is 5.73. The van der Waals surface area contributed by atoms with Gasteiger partial charge in [-0.1, -0.05) is 60.7 Å². The summed E-state index contributed by atoms with van der Waals surface area (Å²) in [5.41, 5.74) is 13.8. The summed E-state index contributed by atoms with van der Waals surface area (Å²) in [7, 11) is 1.71. The van der Waals surface area contributed by atoms with Crippen LogP contribution in [0.15, 0.2) is 60.7 Å². The quantitative estimate of drug-likeness (QED) is 0.697. The van der Waals surface area contributed by atoms with Gasteiger partial charge in [0.15, 0.2) is 0 Å². The molecule has 0 amide bonds. The third-order valence-corrected chi connectivity index (χ3v) is 5.94. The predicted molar refractivity (Wildman–Crippen MR) is 99.8 cm³/mol. The Balaban J connectivity index is 2.02. The summed E-state index contributed by atoms with van der Waals surface area (Å²) < 4.78 is 0. The minimum atomic E-state index is -0.456. The van der Waals surface area contributed by atoms with Gasteiger partial charge in [0.25, 0.3) is 0 Å². The topological polar surface area (TPSA) is 21.3 Å². The molecule has 6 rings (SSSR count). The van der Waals surface area contributed by atoms with Gasteiger partial charge in [-0.25, -0.2) is 0 Å². The molecular formula is C23H21NO. The van der Waals surface area contributed by atoms with Crippen molar-refractivity contribution >= 4 is 0 Å². The fourth-order valence-electron chi connectivity index (χ4n) is 5.09. The lowest BCUT2D eigenvalue weighted by atomic mass is 9.56. The fraction of sp³-hybridized carbons (Fsp3) is 0.217. The molecule has 0 saturated heterocycles. The summed E-state index contributed by atoms with van der Waals surface area (Å²) in [5, 5.41) is 0. The van der Waals surface area contributed by atoms with Gasteiger partial charge in [0.05, 0.1) is 7.11 Å². The first-order chi connectivity index (χ1) is 12.2. The van der Waals surface area contributed by atoms with Crippen LogP contribution in [0.3, 0.4) is 0 Å². The average Bonchev–Trinajstić information content (AvgIpc) is 2.65. The molecule has 0 spiro atoms. The summed E-state index contributed by atoms with van der Waals surface area (Å²) in [6.07, 6.45) is 0. The zero-order chi connectivity index (χ0) is 17.2. The Morgan fingerprint density at radius 3 is 1.96 bits per heavy atom. The number of benzene rings is 3. The van der Waals surface area contributed by atoms with E-state index in [9.17, 15) is 0 Å². The first kappa shape index (κ1) is 14.9. The average molecular weight is 327 g/mol. The van der Waals surface area contributed by atoms with Crippen LogP contribution in [0.25, 0.3) is 0 Å². The summed E-state index contributed by atoms with van der Waals surface area (Å²) in [5.74, 6) is 0.294. The van der Waals surface area contributed by atoms with Crippen LogP contribution in [-0.2, 0) is 10.4 Å². The van der Waals surface area contributed by atoms with E-state index in [0.717, 1.165) is 0 Å². The molecule has 3 aliphatic rings. The maximum Gasteiger partial charge on any atom is 0.119 e. The van der Waals surface area contributed by atoms with Crippen molar-refractivity contribution in [3.8, 4) is 0 Å². The molecule has 0 heterocycles. The smallest absolute Gasteiger partial charge is 0.119 e. The molecule has 2 heteroatoms. The molecule has 2 nitrogen and oxygen atoms in total. The summed E-state index contributed by atoms with van der Waals surface area (Å²) in [6.45, 7) is 4.44. The van der Waals surface area contributed by atoms with Gasteiger partial charge in [-0.05, 0) is 58.4 Å². The van der Waals surface area contributed by atoms with Gasteiger partial charge >= 0.3 is 0 Å². The van der Waals surface area contributed by atoms with Gasteiger partial charge in [0.2, 0.25) is 0 Å². The van der Waals surface area contributed by atoms with Crippen molar-refractivity contribution in [2.24, 2.45) is 0 Å². The fourth-order valence-corrected chi connectivity index (χ4v) is 5.09. The van der Waals surface area contributed by atoms with Crippen LogP contribution in [0.4, 0.5) is 0 Å². The first-order valence-corrected chi connectivity index (χ1v) is 8.79. The molecule has 25 heavy (non-hydrogen) atoms. The van der Waals surface area contributed by atoms with E-state index in [-0.39, 0.29) is 0 Å². The SMILES string of the molecule is CONC12c3ccccc3C(c3ccccc31)c1c(C)ccc(C)c12. The van der Waals surface area contributed by atoms with Crippen molar-refractivity contribution in [1.82, 2.24) is 5.48 Å². The maximum absolute atomic E-state index is 5.62. The molecule has 1 N–H and O–H groups in total. The van der Waals surface area contributed by atoms with Crippen LogP contribution < -0.4 is 5.48 Å². The lowest BCUT2D eigenvalue weighted by Gasteiger charge is -2.51. The Kier molecular flexibility index (Phi) is 3.00. The van der Waals surface area contributed by atoms with E-state index in [1.807, 2.05) is 0 Å². The van der Waals surface area contributed by atoms with Crippen molar-refractivity contribution < 1.29 is 4.84 Å². The number of hydrogen-bond acceptors (Lipinski definition) is 2. The molecule has 0 radical (unpaired) electrons. The zero-order valence-corrected chi connectivity index (χ0v) is 14.8. The third-order valence-electron chi connectivity index (χ3n) is 5.94. The molecule has 3 aromatic rings. The van der Waals surface area contributed by atoms with Crippen LogP contribution in [0.1, 0.15) is 50.4 Å². The minimum Gasteiger partial charge on any atom is -0.304 e. The van der Waals surface area contributed by atoms with Gasteiger partial charge < -0.3 is 4.84 Å². The van der Waals surface area contributed by atoms with Crippen molar-refractivity contribution in [1.29, 1.82) is 0 Å². The molecular weight excluding hydrogens is 306 g/mol. The number of hydrogen-bond donors (Lipinski definition) is 1. The second-order valence-corrected chi connectivity index (χ2v) is 7.15. The van der Waals surface area contributed by atoms with Crippen LogP contribution in [0, 0.1) is 13.8 Å². The first-order valence-electron chi connectivity index (χ1n) is 8.79. The van der Waals surface area contributed by atoms with Crippen molar-refractivity contribution in [3.05, 3.63) is 105 Å². The molecule has 0 saturated carbocycles. The van der Waals surface area contributed by atoms with E-state index < -0.39 is 5.54 Å². The van der Waals surface area contributed by atoms with Gasteiger partial charge in [-0.2, -0.15) is 5.48 Å². The molecule has 124 valence electrons. The Hall–Kier alpha value is -2.42. The van der Waals surface area contributed by atoms with E-state index in [0.29, 0.717) is 5.92 Å².